The van der Waals surface area contributed by atoms with E-state index in [1.807, 2.05) is 18.2 Å². The maximum Gasteiger partial charge on any atom is 0.312 e. The van der Waals surface area contributed by atoms with Crippen molar-refractivity contribution < 1.29 is 28.3 Å². The highest BCUT2D eigenvalue weighted by Gasteiger charge is 2.33. The van der Waals surface area contributed by atoms with Gasteiger partial charge in [0.2, 0.25) is 5.91 Å². The fourth-order valence-corrected chi connectivity index (χ4v) is 4.33. The van der Waals surface area contributed by atoms with Gasteiger partial charge in [-0.2, -0.15) is 0 Å². The molecule has 1 saturated heterocycles. The van der Waals surface area contributed by atoms with Crippen molar-refractivity contribution in [2.75, 3.05) is 32.7 Å². The van der Waals surface area contributed by atoms with Crippen molar-refractivity contribution in [2.45, 2.75) is 45.4 Å². The number of carbonyl (C=O) groups is 3. The Morgan fingerprint density at radius 3 is 2.26 bits per heavy atom. The summed E-state index contributed by atoms with van der Waals surface area (Å²) in [6.07, 6.45) is -0.236. The number of hydrogen-bond donors (Lipinski definition) is 3. The number of aliphatic hydroxyl groups is 1. The number of halogens is 3. The molecule has 2 atom stereocenters. The van der Waals surface area contributed by atoms with Crippen LogP contribution in [0.4, 0.5) is 8.78 Å². The number of likely N-dealkylation sites (N-methyl/N-ethyl adjacent to an activating group) is 1. The molecule has 208 valence electrons. The van der Waals surface area contributed by atoms with E-state index in [0.29, 0.717) is 19.6 Å². The highest BCUT2D eigenvalue weighted by atomic mass is 35.5. The van der Waals surface area contributed by atoms with Crippen LogP contribution in [-0.2, 0) is 33.8 Å². The molecule has 8 nitrogen and oxygen atoms in total. The molecule has 0 aliphatic carbocycles. The molecule has 0 bridgehead atoms. The second kappa shape index (κ2) is 14.8. The summed E-state index contributed by atoms with van der Waals surface area (Å²) in [4.78, 5) is 39.9. The SMILES string of the molecule is CCc1cccc(CNC[C@H](O)[C@H](Cc2cc(F)cc(F)c2)NC(=O)CN2CCN(CC)C(=O)C2=O)c1.Cl. The van der Waals surface area contributed by atoms with E-state index in [1.54, 1.807) is 6.92 Å². The van der Waals surface area contributed by atoms with Crippen LogP contribution < -0.4 is 10.6 Å². The molecular formula is C27H35ClF2N4O4. The minimum absolute atomic E-state index is 0. The average molecular weight is 553 g/mol. The van der Waals surface area contributed by atoms with Gasteiger partial charge in [-0.25, -0.2) is 8.78 Å². The lowest BCUT2D eigenvalue weighted by molar-refractivity contribution is -0.156. The van der Waals surface area contributed by atoms with E-state index in [1.165, 1.54) is 10.5 Å². The van der Waals surface area contributed by atoms with Crippen LogP contribution in [0.3, 0.4) is 0 Å². The second-order valence-electron chi connectivity index (χ2n) is 9.14. The Labute approximate surface area is 227 Å². The third-order valence-corrected chi connectivity index (χ3v) is 6.38. The Balaban J connectivity index is 0.00000507. The number of nitrogens with zero attached hydrogens (tertiary/aromatic N) is 2. The van der Waals surface area contributed by atoms with E-state index in [2.05, 4.69) is 23.6 Å². The Bertz CT molecular complexity index is 1100. The lowest BCUT2D eigenvalue weighted by Gasteiger charge is -2.33. The summed E-state index contributed by atoms with van der Waals surface area (Å²) in [7, 11) is 0. The minimum Gasteiger partial charge on any atom is -0.390 e. The van der Waals surface area contributed by atoms with Crippen LogP contribution in [0.2, 0.25) is 0 Å². The van der Waals surface area contributed by atoms with Gasteiger partial charge < -0.3 is 25.5 Å². The molecule has 1 aliphatic rings. The van der Waals surface area contributed by atoms with Crippen LogP contribution in [-0.4, -0.2) is 77.5 Å². The molecule has 0 spiro atoms. The number of hydrogen-bond acceptors (Lipinski definition) is 5. The molecule has 0 unspecified atom stereocenters. The van der Waals surface area contributed by atoms with Gasteiger partial charge in [-0.3, -0.25) is 14.4 Å². The summed E-state index contributed by atoms with van der Waals surface area (Å²) in [5, 5.41) is 16.7. The van der Waals surface area contributed by atoms with Crippen LogP contribution in [0.1, 0.15) is 30.5 Å². The van der Waals surface area contributed by atoms with E-state index >= 15 is 0 Å². The predicted octanol–water partition coefficient (Wildman–Crippen LogP) is 1.82. The Morgan fingerprint density at radius 1 is 0.974 bits per heavy atom. The number of carbonyl (C=O) groups excluding carboxylic acids is 3. The molecule has 0 radical (unpaired) electrons. The monoisotopic (exact) mass is 552 g/mol. The summed E-state index contributed by atoms with van der Waals surface area (Å²) < 4.78 is 27.5. The van der Waals surface area contributed by atoms with E-state index in [0.717, 1.165) is 35.1 Å². The summed E-state index contributed by atoms with van der Waals surface area (Å²) in [6, 6.07) is 10.1. The number of aliphatic hydroxyl groups excluding tert-OH is 1. The molecule has 2 aromatic carbocycles. The zero-order chi connectivity index (χ0) is 26.9. The lowest BCUT2D eigenvalue weighted by Crippen LogP contribution is -2.57. The molecule has 3 N–H and O–H groups in total. The maximum atomic E-state index is 13.8. The number of benzene rings is 2. The topological polar surface area (TPSA) is 102 Å². The minimum atomic E-state index is -1.10. The van der Waals surface area contributed by atoms with Crippen molar-refractivity contribution in [3.8, 4) is 0 Å². The molecule has 1 heterocycles. The molecular weight excluding hydrogens is 518 g/mol. The fraction of sp³-hybridized carbons (Fsp3) is 0.444. The van der Waals surface area contributed by atoms with E-state index in [9.17, 15) is 28.3 Å². The summed E-state index contributed by atoms with van der Waals surface area (Å²) in [5.41, 5.74) is 2.49. The van der Waals surface area contributed by atoms with Crippen LogP contribution >= 0.6 is 12.4 Å². The molecule has 3 rings (SSSR count). The molecule has 0 saturated carbocycles. The van der Waals surface area contributed by atoms with Crippen LogP contribution in [0.25, 0.3) is 0 Å². The number of piperazine rings is 1. The number of nitrogens with one attached hydrogen (secondary N) is 2. The van der Waals surface area contributed by atoms with Gasteiger partial charge in [-0.05, 0) is 48.6 Å². The fourth-order valence-electron chi connectivity index (χ4n) is 4.33. The van der Waals surface area contributed by atoms with E-state index in [4.69, 9.17) is 0 Å². The molecule has 1 aliphatic heterocycles. The molecule has 2 aromatic rings. The normalized spacial score (nSPS) is 15.2. The Hall–Kier alpha value is -3.08. The molecule has 1 fully saturated rings. The van der Waals surface area contributed by atoms with Gasteiger partial charge in [0.1, 0.15) is 18.2 Å². The highest BCUT2D eigenvalue weighted by Crippen LogP contribution is 2.13. The highest BCUT2D eigenvalue weighted by molar-refractivity contribution is 6.35. The van der Waals surface area contributed by atoms with Crippen LogP contribution in [0, 0.1) is 11.6 Å². The van der Waals surface area contributed by atoms with Gasteiger partial charge in [0.05, 0.1) is 12.1 Å². The predicted molar refractivity (Wildman–Crippen MR) is 142 cm³/mol. The quantitative estimate of drug-likeness (QED) is 0.349. The second-order valence-corrected chi connectivity index (χ2v) is 9.14. The third-order valence-electron chi connectivity index (χ3n) is 6.38. The maximum absolute atomic E-state index is 13.8. The van der Waals surface area contributed by atoms with E-state index < -0.39 is 41.5 Å². The number of amides is 3. The largest absolute Gasteiger partial charge is 0.390 e. The number of aryl methyl sites for hydroxylation is 1. The zero-order valence-corrected chi connectivity index (χ0v) is 22.4. The zero-order valence-electron chi connectivity index (χ0n) is 21.6. The molecule has 0 aromatic heterocycles. The first-order chi connectivity index (χ1) is 17.7. The van der Waals surface area contributed by atoms with Gasteiger partial charge >= 0.3 is 11.8 Å². The third kappa shape index (κ3) is 8.75. The van der Waals surface area contributed by atoms with Crippen molar-refractivity contribution in [1.82, 2.24) is 20.4 Å². The molecule has 3 amide bonds. The summed E-state index contributed by atoms with van der Waals surface area (Å²) >= 11 is 0. The smallest absolute Gasteiger partial charge is 0.312 e. The van der Waals surface area contributed by atoms with Gasteiger partial charge in [-0.1, -0.05) is 31.2 Å². The van der Waals surface area contributed by atoms with Gasteiger partial charge in [-0.15, -0.1) is 12.4 Å². The first-order valence-corrected chi connectivity index (χ1v) is 12.5. The Morgan fingerprint density at radius 2 is 1.61 bits per heavy atom. The van der Waals surface area contributed by atoms with Crippen molar-refractivity contribution >= 4 is 30.1 Å². The van der Waals surface area contributed by atoms with Gasteiger partial charge in [0, 0.05) is 38.8 Å². The van der Waals surface area contributed by atoms with Crippen molar-refractivity contribution in [2.24, 2.45) is 0 Å². The molecule has 11 heteroatoms. The summed E-state index contributed by atoms with van der Waals surface area (Å²) in [6.45, 7) is 5.00. The average Bonchev–Trinajstić information content (AvgIpc) is 2.86. The van der Waals surface area contributed by atoms with Crippen molar-refractivity contribution in [3.05, 3.63) is 70.8 Å². The lowest BCUT2D eigenvalue weighted by atomic mass is 10.0. The van der Waals surface area contributed by atoms with Crippen molar-refractivity contribution in [1.29, 1.82) is 0 Å². The van der Waals surface area contributed by atoms with Gasteiger partial charge in [0.25, 0.3) is 0 Å². The molecule has 38 heavy (non-hydrogen) atoms. The Kier molecular flexibility index (Phi) is 12.1. The first kappa shape index (κ1) is 31.1. The van der Waals surface area contributed by atoms with Crippen molar-refractivity contribution in [3.63, 3.8) is 0 Å². The standard InChI is InChI=1S/C27H34F2N4O4.ClH/c1-3-18-6-5-7-19(10-18)15-30-16-24(34)23(13-20-11-21(28)14-22(29)12-20)31-25(35)17-33-9-8-32(4-2)26(36)27(33)37;/h5-7,10-12,14,23-24,30,34H,3-4,8-9,13,15-17H2,1-2H3,(H,31,35);1H/t23-,24-;/m0./s1. The number of rotatable bonds is 12. The van der Waals surface area contributed by atoms with E-state index in [-0.39, 0.29) is 44.0 Å². The van der Waals surface area contributed by atoms with Crippen LogP contribution in [0.15, 0.2) is 42.5 Å². The summed E-state index contributed by atoms with van der Waals surface area (Å²) in [5.74, 6) is -3.53. The first-order valence-electron chi connectivity index (χ1n) is 12.5. The van der Waals surface area contributed by atoms with Crippen LogP contribution in [0.5, 0.6) is 0 Å². The van der Waals surface area contributed by atoms with Gasteiger partial charge in [0.15, 0.2) is 0 Å².